The molecule has 3 amide bonds. The van der Waals surface area contributed by atoms with E-state index >= 15 is 0 Å². The highest BCUT2D eigenvalue weighted by Gasteiger charge is 2.38. The van der Waals surface area contributed by atoms with Crippen LogP contribution in [0.1, 0.15) is 52.0 Å². The molecule has 1 heterocycles. The maximum absolute atomic E-state index is 13.2. The number of alkyl carbamates (subject to hydrolysis) is 2. The number of carbonyl (C=O) groups is 4. The van der Waals surface area contributed by atoms with Crippen LogP contribution in [0.2, 0.25) is 0 Å². The lowest BCUT2D eigenvalue weighted by Gasteiger charge is -2.29. The number of nitrogens with one attached hydrogen (secondary N) is 2. The van der Waals surface area contributed by atoms with Crippen LogP contribution in [0.3, 0.4) is 0 Å². The van der Waals surface area contributed by atoms with Crippen LogP contribution in [0.15, 0.2) is 30.3 Å². The standard InChI is InChI=1S/C24H35N3O7/c1-24(2,3)34-23(31)26-18(20(28)27-15-9-13-19(27)21(29)32-4)12-8-14-25-22(30)33-16-17-10-6-5-7-11-17/h5-7,10-11,18-19H,8-9,12-16H2,1-4H3,(H,25,30)(H,26,31)/t18-,19-/m0/s1. The van der Waals surface area contributed by atoms with E-state index in [-0.39, 0.29) is 25.5 Å². The molecule has 1 aliphatic heterocycles. The van der Waals surface area contributed by atoms with Gasteiger partial charge in [0.2, 0.25) is 5.91 Å². The minimum atomic E-state index is -0.915. The van der Waals surface area contributed by atoms with Crippen molar-refractivity contribution in [2.75, 3.05) is 20.2 Å². The SMILES string of the molecule is COC(=O)[C@@H]1CCCN1C(=O)[C@H](CCCNC(=O)OCc1ccccc1)NC(=O)OC(C)(C)C. The second kappa shape index (κ2) is 12.8. The normalized spacial score (nSPS) is 16.4. The van der Waals surface area contributed by atoms with Gasteiger partial charge < -0.3 is 29.7 Å². The third-order valence-electron chi connectivity index (χ3n) is 5.15. The van der Waals surface area contributed by atoms with E-state index in [1.165, 1.54) is 12.0 Å². The quantitative estimate of drug-likeness (QED) is 0.318. The maximum atomic E-state index is 13.2. The lowest BCUT2D eigenvalue weighted by Crippen LogP contribution is -2.52. The molecule has 188 valence electrons. The number of amides is 3. The molecule has 1 saturated heterocycles. The molecular weight excluding hydrogens is 442 g/mol. The summed E-state index contributed by atoms with van der Waals surface area (Å²) in [5, 5.41) is 5.25. The first-order valence-corrected chi connectivity index (χ1v) is 11.4. The average Bonchev–Trinajstić information content (AvgIpc) is 3.28. The van der Waals surface area contributed by atoms with Crippen LogP contribution in [0, 0.1) is 0 Å². The highest BCUT2D eigenvalue weighted by Crippen LogP contribution is 2.20. The molecule has 0 aliphatic carbocycles. The van der Waals surface area contributed by atoms with Crippen molar-refractivity contribution >= 4 is 24.1 Å². The zero-order valence-corrected chi connectivity index (χ0v) is 20.3. The summed E-state index contributed by atoms with van der Waals surface area (Å²) in [5.41, 5.74) is 0.139. The topological polar surface area (TPSA) is 123 Å². The van der Waals surface area contributed by atoms with Crippen LogP contribution in [0.25, 0.3) is 0 Å². The van der Waals surface area contributed by atoms with Crippen LogP contribution in [-0.4, -0.2) is 66.8 Å². The Hall–Kier alpha value is -3.30. The van der Waals surface area contributed by atoms with Gasteiger partial charge in [0.25, 0.3) is 0 Å². The molecule has 10 heteroatoms. The molecule has 2 atom stereocenters. The molecular formula is C24H35N3O7. The zero-order valence-electron chi connectivity index (χ0n) is 20.3. The van der Waals surface area contributed by atoms with Crippen molar-refractivity contribution in [1.29, 1.82) is 0 Å². The Balaban J connectivity index is 1.91. The van der Waals surface area contributed by atoms with Gasteiger partial charge in [-0.05, 0) is 52.0 Å². The number of hydrogen-bond acceptors (Lipinski definition) is 7. The summed E-state index contributed by atoms with van der Waals surface area (Å²) in [4.78, 5) is 51.0. The second-order valence-electron chi connectivity index (χ2n) is 9.04. The molecule has 0 saturated carbocycles. The van der Waals surface area contributed by atoms with Crippen LogP contribution in [0.4, 0.5) is 9.59 Å². The van der Waals surface area contributed by atoms with Crippen molar-refractivity contribution in [3.63, 3.8) is 0 Å². The zero-order chi connectivity index (χ0) is 25.1. The van der Waals surface area contributed by atoms with Gasteiger partial charge in [-0.2, -0.15) is 0 Å². The number of nitrogens with zero attached hydrogens (tertiary/aromatic N) is 1. The van der Waals surface area contributed by atoms with E-state index in [0.717, 1.165) is 5.56 Å². The predicted molar refractivity (Wildman–Crippen MR) is 124 cm³/mol. The Bertz CT molecular complexity index is 839. The van der Waals surface area contributed by atoms with E-state index in [1.807, 2.05) is 30.3 Å². The first kappa shape index (κ1) is 26.9. The number of hydrogen-bond donors (Lipinski definition) is 2. The van der Waals surface area contributed by atoms with Crippen LogP contribution in [-0.2, 0) is 30.4 Å². The Morgan fingerprint density at radius 2 is 1.82 bits per heavy atom. The lowest BCUT2D eigenvalue weighted by molar-refractivity contribution is -0.151. The van der Waals surface area contributed by atoms with Gasteiger partial charge in [-0.1, -0.05) is 30.3 Å². The second-order valence-corrected chi connectivity index (χ2v) is 9.04. The highest BCUT2D eigenvalue weighted by molar-refractivity contribution is 5.90. The fourth-order valence-electron chi connectivity index (χ4n) is 3.59. The summed E-state index contributed by atoms with van der Waals surface area (Å²) in [6.07, 6.45) is 0.503. The van der Waals surface area contributed by atoms with Gasteiger partial charge in [0.05, 0.1) is 7.11 Å². The Labute approximate surface area is 200 Å². The molecule has 10 nitrogen and oxygen atoms in total. The van der Waals surface area contributed by atoms with Crippen molar-refractivity contribution in [3.05, 3.63) is 35.9 Å². The summed E-state index contributed by atoms with van der Waals surface area (Å²) >= 11 is 0. The van der Waals surface area contributed by atoms with Crippen molar-refractivity contribution < 1.29 is 33.4 Å². The van der Waals surface area contributed by atoms with Gasteiger partial charge in [0, 0.05) is 13.1 Å². The smallest absolute Gasteiger partial charge is 0.408 e. The van der Waals surface area contributed by atoms with Gasteiger partial charge in [-0.15, -0.1) is 0 Å². The molecule has 34 heavy (non-hydrogen) atoms. The fraction of sp³-hybridized carbons (Fsp3) is 0.583. The monoisotopic (exact) mass is 477 g/mol. The van der Waals surface area contributed by atoms with E-state index in [4.69, 9.17) is 14.2 Å². The Kier molecular flexibility index (Phi) is 10.2. The first-order chi connectivity index (χ1) is 16.1. The molecule has 1 fully saturated rings. The molecule has 2 rings (SSSR count). The number of carbonyl (C=O) groups excluding carboxylic acids is 4. The number of benzene rings is 1. The summed E-state index contributed by atoms with van der Waals surface area (Å²) in [6, 6.07) is 7.71. The van der Waals surface area contributed by atoms with E-state index in [9.17, 15) is 19.2 Å². The number of ether oxygens (including phenoxy) is 3. The number of rotatable bonds is 9. The minimum Gasteiger partial charge on any atom is -0.467 e. The Morgan fingerprint density at radius 1 is 1.12 bits per heavy atom. The van der Waals surface area contributed by atoms with Gasteiger partial charge in [-0.3, -0.25) is 4.79 Å². The van der Waals surface area contributed by atoms with Crippen LogP contribution in [0.5, 0.6) is 0 Å². The summed E-state index contributed by atoms with van der Waals surface area (Å²) in [5.74, 6) is -0.866. The maximum Gasteiger partial charge on any atom is 0.408 e. The molecule has 2 N–H and O–H groups in total. The largest absolute Gasteiger partial charge is 0.467 e. The van der Waals surface area contributed by atoms with E-state index in [0.29, 0.717) is 25.8 Å². The third kappa shape index (κ3) is 8.92. The summed E-state index contributed by atoms with van der Waals surface area (Å²) < 4.78 is 15.3. The van der Waals surface area contributed by atoms with Gasteiger partial charge in [-0.25, -0.2) is 14.4 Å². The molecule has 0 radical (unpaired) electrons. The average molecular weight is 478 g/mol. The fourth-order valence-corrected chi connectivity index (χ4v) is 3.59. The minimum absolute atomic E-state index is 0.151. The molecule has 1 aliphatic rings. The van der Waals surface area contributed by atoms with Gasteiger partial charge in [0.1, 0.15) is 24.3 Å². The van der Waals surface area contributed by atoms with E-state index < -0.39 is 35.8 Å². The molecule has 0 aromatic heterocycles. The van der Waals surface area contributed by atoms with Crippen LogP contribution < -0.4 is 10.6 Å². The van der Waals surface area contributed by atoms with Crippen LogP contribution >= 0.6 is 0 Å². The first-order valence-electron chi connectivity index (χ1n) is 11.4. The molecule has 1 aromatic rings. The predicted octanol–water partition coefficient (Wildman–Crippen LogP) is 2.75. The van der Waals surface area contributed by atoms with Crippen molar-refractivity contribution in [2.24, 2.45) is 0 Å². The van der Waals surface area contributed by atoms with Crippen molar-refractivity contribution in [1.82, 2.24) is 15.5 Å². The van der Waals surface area contributed by atoms with E-state index in [1.54, 1.807) is 20.8 Å². The number of esters is 1. The van der Waals surface area contributed by atoms with E-state index in [2.05, 4.69) is 10.6 Å². The number of methoxy groups -OCH3 is 1. The third-order valence-corrected chi connectivity index (χ3v) is 5.15. The van der Waals surface area contributed by atoms with Crippen molar-refractivity contribution in [3.8, 4) is 0 Å². The van der Waals surface area contributed by atoms with Gasteiger partial charge >= 0.3 is 18.2 Å². The molecule has 0 unspecified atom stereocenters. The Morgan fingerprint density at radius 3 is 2.47 bits per heavy atom. The lowest BCUT2D eigenvalue weighted by atomic mass is 10.1. The summed E-state index contributed by atoms with van der Waals surface area (Å²) in [7, 11) is 1.28. The summed E-state index contributed by atoms with van der Waals surface area (Å²) in [6.45, 7) is 5.97. The highest BCUT2D eigenvalue weighted by atomic mass is 16.6. The number of likely N-dealkylation sites (tertiary alicyclic amines) is 1. The van der Waals surface area contributed by atoms with Crippen molar-refractivity contribution in [2.45, 2.75) is 70.7 Å². The van der Waals surface area contributed by atoms with Gasteiger partial charge in [0.15, 0.2) is 0 Å². The molecule has 1 aromatic carbocycles. The molecule has 0 spiro atoms. The molecule has 0 bridgehead atoms.